The number of methoxy groups -OCH3 is 1. The van der Waals surface area contributed by atoms with Crippen molar-refractivity contribution in [1.82, 2.24) is 20.1 Å². The molecule has 162 valence electrons. The Labute approximate surface area is 187 Å². The van der Waals surface area contributed by atoms with Crippen molar-refractivity contribution in [2.75, 3.05) is 38.2 Å². The van der Waals surface area contributed by atoms with Gasteiger partial charge in [0, 0.05) is 49.3 Å². The molecule has 0 N–H and O–H groups in total. The molecule has 1 amide bonds. The summed E-state index contributed by atoms with van der Waals surface area (Å²) in [6.45, 7) is 1.96. The molecular weight excluding hydrogens is 432 g/mol. The third-order valence-electron chi connectivity index (χ3n) is 4.83. The van der Waals surface area contributed by atoms with Crippen LogP contribution < -0.4 is 9.64 Å². The Bertz CT molecular complexity index is 1200. The first-order valence-electron chi connectivity index (χ1n) is 9.68. The van der Waals surface area contributed by atoms with Crippen LogP contribution in [0.1, 0.15) is 21.6 Å². The standard InChI is InChI=1S/C21H18N6O4S/c1-31-18-8-6-16(14-15(18)5-7-17-4-2-3-9-22-17)19(28)25-10-12-26(13-11-25)20-23-24-21(32-20)27(29)30/h2-4,6,8-9,14H,10-13H2,1H3. The summed E-state index contributed by atoms with van der Waals surface area (Å²) in [5, 5.41) is 18.5. The number of hydrogen-bond acceptors (Lipinski definition) is 9. The highest BCUT2D eigenvalue weighted by atomic mass is 32.1. The zero-order valence-electron chi connectivity index (χ0n) is 17.1. The summed E-state index contributed by atoms with van der Waals surface area (Å²) in [5.41, 5.74) is 1.74. The highest BCUT2D eigenvalue weighted by Gasteiger charge is 2.27. The van der Waals surface area contributed by atoms with E-state index in [1.807, 2.05) is 17.0 Å². The molecule has 0 atom stereocenters. The molecule has 0 spiro atoms. The van der Waals surface area contributed by atoms with E-state index in [-0.39, 0.29) is 11.0 Å². The molecule has 4 rings (SSSR count). The first kappa shape index (κ1) is 21.2. The molecule has 3 aromatic rings. The van der Waals surface area contributed by atoms with Gasteiger partial charge in [-0.3, -0.25) is 4.79 Å². The molecule has 0 saturated carbocycles. The van der Waals surface area contributed by atoms with Gasteiger partial charge >= 0.3 is 5.13 Å². The summed E-state index contributed by atoms with van der Waals surface area (Å²) in [5.74, 6) is 6.48. The van der Waals surface area contributed by atoms with Gasteiger partial charge in [0.2, 0.25) is 5.13 Å². The molecular formula is C21H18N6O4S. The van der Waals surface area contributed by atoms with Gasteiger partial charge in [-0.15, -0.1) is 0 Å². The van der Waals surface area contributed by atoms with Crippen LogP contribution >= 0.6 is 11.3 Å². The van der Waals surface area contributed by atoms with E-state index in [2.05, 4.69) is 27.0 Å². The summed E-state index contributed by atoms with van der Waals surface area (Å²) in [6.07, 6.45) is 1.67. The molecule has 2 aromatic heterocycles. The minimum Gasteiger partial charge on any atom is -0.495 e. The van der Waals surface area contributed by atoms with E-state index in [0.717, 1.165) is 11.3 Å². The van der Waals surface area contributed by atoms with E-state index in [9.17, 15) is 14.9 Å². The SMILES string of the molecule is COc1ccc(C(=O)N2CCN(c3nnc([N+](=O)[O-])s3)CC2)cc1C#Cc1ccccn1. The predicted octanol–water partition coefficient (Wildman–Crippen LogP) is 2.21. The first-order valence-corrected chi connectivity index (χ1v) is 10.5. The number of carbonyl (C=O) groups excluding carboxylic acids is 1. The second-order valence-corrected chi connectivity index (χ2v) is 7.72. The molecule has 1 aliphatic heterocycles. The Morgan fingerprint density at radius 1 is 1.16 bits per heavy atom. The van der Waals surface area contributed by atoms with Crippen LogP contribution in [-0.2, 0) is 0 Å². The van der Waals surface area contributed by atoms with Crippen molar-refractivity contribution in [3.05, 3.63) is 69.5 Å². The molecule has 0 aliphatic carbocycles. The lowest BCUT2D eigenvalue weighted by atomic mass is 10.1. The number of nitro groups is 1. The normalized spacial score (nSPS) is 13.3. The van der Waals surface area contributed by atoms with Crippen LogP contribution in [0.2, 0.25) is 0 Å². The predicted molar refractivity (Wildman–Crippen MR) is 118 cm³/mol. The Morgan fingerprint density at radius 2 is 1.97 bits per heavy atom. The Kier molecular flexibility index (Phi) is 6.23. The molecule has 1 aromatic carbocycles. The van der Waals surface area contributed by atoms with E-state index in [0.29, 0.717) is 53.9 Å². The van der Waals surface area contributed by atoms with E-state index in [1.165, 1.54) is 0 Å². The number of carbonyl (C=O) groups is 1. The monoisotopic (exact) mass is 450 g/mol. The number of aromatic nitrogens is 3. The molecule has 10 nitrogen and oxygen atoms in total. The van der Waals surface area contributed by atoms with Crippen molar-refractivity contribution in [3.8, 4) is 17.6 Å². The number of nitrogens with zero attached hydrogens (tertiary/aromatic N) is 6. The van der Waals surface area contributed by atoms with E-state index in [1.54, 1.807) is 42.5 Å². The maximum atomic E-state index is 13.1. The molecule has 0 bridgehead atoms. The van der Waals surface area contributed by atoms with Crippen LogP contribution in [0.5, 0.6) is 5.75 Å². The van der Waals surface area contributed by atoms with E-state index < -0.39 is 4.92 Å². The highest BCUT2D eigenvalue weighted by molar-refractivity contribution is 7.18. The Balaban J connectivity index is 1.46. The fourth-order valence-electron chi connectivity index (χ4n) is 3.20. The number of piperazine rings is 1. The lowest BCUT2D eigenvalue weighted by molar-refractivity contribution is -0.385. The molecule has 1 saturated heterocycles. The van der Waals surface area contributed by atoms with Crippen LogP contribution in [0.15, 0.2) is 42.6 Å². The van der Waals surface area contributed by atoms with Gasteiger partial charge in [0.15, 0.2) is 0 Å². The second-order valence-electron chi connectivity index (χ2n) is 6.78. The number of anilines is 1. The van der Waals surface area contributed by atoms with Gasteiger partial charge < -0.3 is 24.7 Å². The maximum Gasteiger partial charge on any atom is 0.452 e. The van der Waals surface area contributed by atoms with Gasteiger partial charge in [-0.1, -0.05) is 12.0 Å². The van der Waals surface area contributed by atoms with Crippen LogP contribution in [-0.4, -0.2) is 64.2 Å². The average Bonchev–Trinajstić information content (AvgIpc) is 3.34. The molecule has 3 heterocycles. The number of pyridine rings is 1. The zero-order valence-corrected chi connectivity index (χ0v) is 17.9. The molecule has 0 radical (unpaired) electrons. The van der Waals surface area contributed by atoms with Gasteiger partial charge in [0.1, 0.15) is 11.4 Å². The second kappa shape index (κ2) is 9.40. The maximum absolute atomic E-state index is 13.1. The Morgan fingerprint density at radius 3 is 2.62 bits per heavy atom. The topological polar surface area (TPSA) is 115 Å². The smallest absolute Gasteiger partial charge is 0.452 e. The van der Waals surface area contributed by atoms with Gasteiger partial charge in [-0.05, 0) is 46.3 Å². The quantitative estimate of drug-likeness (QED) is 0.338. The number of ether oxygens (including phenoxy) is 1. The fraction of sp³-hybridized carbons (Fsp3) is 0.238. The summed E-state index contributed by atoms with van der Waals surface area (Å²) < 4.78 is 5.38. The number of amides is 1. The zero-order chi connectivity index (χ0) is 22.5. The van der Waals surface area contributed by atoms with Crippen molar-refractivity contribution < 1.29 is 14.5 Å². The lowest BCUT2D eigenvalue weighted by Crippen LogP contribution is -2.48. The third-order valence-corrected chi connectivity index (χ3v) is 5.77. The van der Waals surface area contributed by atoms with Gasteiger partial charge in [-0.2, -0.15) is 0 Å². The number of hydrogen-bond donors (Lipinski definition) is 0. The molecule has 0 unspecified atom stereocenters. The highest BCUT2D eigenvalue weighted by Crippen LogP contribution is 2.27. The van der Waals surface area contributed by atoms with E-state index in [4.69, 9.17) is 4.74 Å². The lowest BCUT2D eigenvalue weighted by Gasteiger charge is -2.34. The van der Waals surface area contributed by atoms with Gasteiger partial charge in [-0.25, -0.2) is 4.98 Å². The van der Waals surface area contributed by atoms with E-state index >= 15 is 0 Å². The van der Waals surface area contributed by atoms with Crippen LogP contribution in [0.4, 0.5) is 10.3 Å². The first-order chi connectivity index (χ1) is 15.5. The van der Waals surface area contributed by atoms with Crippen LogP contribution in [0.25, 0.3) is 0 Å². The van der Waals surface area contributed by atoms with Gasteiger partial charge in [0.05, 0.1) is 17.8 Å². The summed E-state index contributed by atoms with van der Waals surface area (Å²) in [7, 11) is 1.56. The van der Waals surface area contributed by atoms with Gasteiger partial charge in [0.25, 0.3) is 5.91 Å². The van der Waals surface area contributed by atoms with Crippen LogP contribution in [0, 0.1) is 22.0 Å². The molecule has 1 aliphatic rings. The minimum atomic E-state index is -0.557. The Hall–Kier alpha value is -4.04. The minimum absolute atomic E-state index is 0.114. The summed E-state index contributed by atoms with van der Waals surface area (Å²) in [6, 6.07) is 10.6. The largest absolute Gasteiger partial charge is 0.495 e. The molecule has 1 fully saturated rings. The van der Waals surface area contributed by atoms with Crippen molar-refractivity contribution in [2.24, 2.45) is 0 Å². The number of rotatable bonds is 4. The van der Waals surface area contributed by atoms with Crippen molar-refractivity contribution in [2.45, 2.75) is 0 Å². The van der Waals surface area contributed by atoms with Crippen molar-refractivity contribution in [1.29, 1.82) is 0 Å². The summed E-state index contributed by atoms with van der Waals surface area (Å²) in [4.78, 5) is 31.1. The third kappa shape index (κ3) is 4.65. The molecule has 11 heteroatoms. The van der Waals surface area contributed by atoms with Crippen molar-refractivity contribution in [3.63, 3.8) is 0 Å². The molecule has 32 heavy (non-hydrogen) atoms. The fourth-order valence-corrected chi connectivity index (χ4v) is 3.91. The number of benzene rings is 1. The average molecular weight is 450 g/mol. The summed E-state index contributed by atoms with van der Waals surface area (Å²) >= 11 is 0.930. The van der Waals surface area contributed by atoms with Crippen LogP contribution in [0.3, 0.4) is 0 Å². The van der Waals surface area contributed by atoms with Crippen molar-refractivity contribution >= 4 is 27.5 Å².